The molecule has 23 heteroatoms. The van der Waals surface area contributed by atoms with Gasteiger partial charge < -0.3 is 98.4 Å². The largest absolute Gasteiger partial charge is 0.493 e. The second-order valence-electron chi connectivity index (χ2n) is 42.4. The van der Waals surface area contributed by atoms with Gasteiger partial charge in [-0.1, -0.05) is 224 Å². The Morgan fingerprint density at radius 3 is 0.831 bits per heavy atom. The number of aryl methyl sites for hydroxylation is 1. The Balaban J connectivity index is 0.000000211. The maximum Gasteiger partial charge on any atom is 0.337 e. The fourth-order valence-electron chi connectivity index (χ4n) is 20.7. The van der Waals surface area contributed by atoms with E-state index in [4.69, 9.17) is 47.4 Å². The molecule has 0 aliphatic heterocycles. The number of aliphatic hydroxyl groups excluding tert-OH is 10. The van der Waals surface area contributed by atoms with Gasteiger partial charge in [-0.05, 0) is 327 Å². The molecular weight excluding hydrogens is 1870 g/mol. The molecule has 0 unspecified atom stereocenters. The number of carbonyl (C=O) groups is 3. The summed E-state index contributed by atoms with van der Waals surface area (Å²) in [5.74, 6) is 7.60. The molecule has 148 heavy (non-hydrogen) atoms. The van der Waals surface area contributed by atoms with Crippen molar-refractivity contribution >= 4 is 17.9 Å². The number of esters is 3. The van der Waals surface area contributed by atoms with Gasteiger partial charge >= 0.3 is 17.9 Å². The molecule has 14 rings (SSSR count). The average molecular weight is 2060 g/mol. The summed E-state index contributed by atoms with van der Waals surface area (Å²) in [6.07, 6.45) is 41.5. The molecule has 7 saturated carbocycles. The highest BCUT2D eigenvalue weighted by Gasteiger charge is 2.33. The van der Waals surface area contributed by atoms with Gasteiger partial charge in [0.05, 0.1) is 120 Å². The van der Waals surface area contributed by atoms with Gasteiger partial charge in [-0.3, -0.25) is 9.59 Å². The summed E-state index contributed by atoms with van der Waals surface area (Å²) in [6.45, 7) is 21.9. The van der Waals surface area contributed by atoms with Crippen LogP contribution >= 0.6 is 0 Å². The fraction of sp³-hybridized carbons (Fsp3) is 0.640. The molecular formula is C125H188O23. The van der Waals surface area contributed by atoms with Crippen molar-refractivity contribution in [2.45, 2.75) is 418 Å². The van der Waals surface area contributed by atoms with Gasteiger partial charge in [0.2, 0.25) is 0 Å². The highest BCUT2D eigenvalue weighted by atomic mass is 16.6. The number of ether oxygens (including phenoxy) is 10. The molecule has 0 heterocycles. The van der Waals surface area contributed by atoms with Gasteiger partial charge in [0.1, 0.15) is 52.5 Å². The maximum atomic E-state index is 11.8. The Kier molecular flexibility index (Phi) is 60.4. The van der Waals surface area contributed by atoms with Crippen molar-refractivity contribution in [3.8, 4) is 40.2 Å². The summed E-state index contributed by atoms with van der Waals surface area (Å²) >= 11 is 0. The molecule has 7 aliphatic carbocycles. The SMILES string of the molecule is CCCCc1cc(OCC2CCCCC2)cc(C(=O)OC)c1.CCC[C@@H](O)c1cccc(OCC2CCC(O)CC2)c1.CCC[C@@H](O)c1cccc(OCC2CCC(O)CC2)c1.CCC[C@@H](O)c1cccc(OC[C@@H]2CCCC[C@H]2O)c1.CCC[C@@H](O)c1cccc(OC[C@@H]2CCCC[C@H]2OC(C)=O)c1.CCC[C@@H](O)c1cccc(OC[C@H]2CCCC[C@H]2O)c1.CCC[C@@H](O)c1cccc(OC[C@H]2CCCC[C@H]2OC(C)=O)c1. The summed E-state index contributed by atoms with van der Waals surface area (Å²) in [6, 6.07) is 52.0. The van der Waals surface area contributed by atoms with Crippen LogP contribution in [0.3, 0.4) is 0 Å². The molecule has 7 aromatic carbocycles. The van der Waals surface area contributed by atoms with Crippen molar-refractivity contribution in [2.75, 3.05) is 53.4 Å². The van der Waals surface area contributed by atoms with Crippen LogP contribution in [-0.2, 0) is 30.2 Å². The number of aliphatic hydroxyl groups is 10. The summed E-state index contributed by atoms with van der Waals surface area (Å²) in [4.78, 5) is 34.3. The topological polar surface area (TPSA) is 346 Å². The molecule has 14 atom stereocenters. The number of methoxy groups -OCH3 is 1. The fourth-order valence-corrected chi connectivity index (χ4v) is 20.7. The first-order chi connectivity index (χ1) is 71.7. The summed E-state index contributed by atoms with van der Waals surface area (Å²) in [5, 5.41) is 99.1. The molecule has 7 aromatic rings. The highest BCUT2D eigenvalue weighted by Crippen LogP contribution is 2.38. The first kappa shape index (κ1) is 124. The van der Waals surface area contributed by atoms with Crippen LogP contribution in [0.15, 0.2) is 164 Å². The molecule has 0 amide bonds. The lowest BCUT2D eigenvalue weighted by Gasteiger charge is -2.30. The van der Waals surface area contributed by atoms with Crippen LogP contribution in [0.4, 0.5) is 0 Å². The van der Waals surface area contributed by atoms with Crippen molar-refractivity contribution in [3.05, 3.63) is 208 Å². The van der Waals surface area contributed by atoms with E-state index in [0.717, 1.165) is 323 Å². The van der Waals surface area contributed by atoms with Crippen LogP contribution in [0.1, 0.15) is 424 Å². The number of rotatable bonds is 45. The van der Waals surface area contributed by atoms with Gasteiger partial charge in [0.15, 0.2) is 0 Å². The monoisotopic (exact) mass is 2060 g/mol. The third kappa shape index (κ3) is 48.0. The van der Waals surface area contributed by atoms with Crippen LogP contribution < -0.4 is 33.2 Å². The van der Waals surface area contributed by atoms with Crippen LogP contribution in [0, 0.1) is 41.4 Å². The molecule has 0 aromatic heterocycles. The average Bonchev–Trinajstić information content (AvgIpc) is 0.851. The predicted octanol–water partition coefficient (Wildman–Crippen LogP) is 26.6. The highest BCUT2D eigenvalue weighted by molar-refractivity contribution is 5.90. The van der Waals surface area contributed by atoms with E-state index in [1.807, 2.05) is 158 Å². The van der Waals surface area contributed by atoms with E-state index in [0.29, 0.717) is 63.0 Å². The molecule has 0 bridgehead atoms. The summed E-state index contributed by atoms with van der Waals surface area (Å²) in [5.41, 5.74) is 7.22. The van der Waals surface area contributed by atoms with Crippen molar-refractivity contribution in [1.82, 2.24) is 0 Å². The van der Waals surface area contributed by atoms with E-state index in [2.05, 4.69) is 54.5 Å². The van der Waals surface area contributed by atoms with E-state index in [9.17, 15) is 65.4 Å². The molecule has 7 aliphatic rings. The minimum atomic E-state index is -0.438. The quantitative estimate of drug-likeness (QED) is 0.0125. The van der Waals surface area contributed by atoms with Crippen molar-refractivity contribution in [2.24, 2.45) is 41.4 Å². The first-order valence-corrected chi connectivity index (χ1v) is 57.1. The Labute approximate surface area is 887 Å². The molecule has 0 saturated heterocycles. The van der Waals surface area contributed by atoms with Gasteiger partial charge in [-0.15, -0.1) is 0 Å². The number of hydrogen-bond acceptors (Lipinski definition) is 23. The zero-order chi connectivity index (χ0) is 107. The number of unbranched alkanes of at least 4 members (excludes halogenated alkanes) is 1. The van der Waals surface area contributed by atoms with E-state index in [1.54, 1.807) is 0 Å². The lowest BCUT2D eigenvalue weighted by Crippen LogP contribution is -2.33. The number of carbonyl (C=O) groups excluding carboxylic acids is 3. The lowest BCUT2D eigenvalue weighted by atomic mass is 9.87. The van der Waals surface area contributed by atoms with Gasteiger partial charge in [-0.2, -0.15) is 0 Å². The normalized spacial score (nSPS) is 22.4. The maximum absolute atomic E-state index is 11.8. The summed E-state index contributed by atoms with van der Waals surface area (Å²) < 4.78 is 56.9. The molecule has 826 valence electrons. The standard InChI is InChI=1S/2C19H28O4.C19H28O3.4C17H26O3/c2*1-3-7-18(21)15-9-6-10-17(12-15)22-13-16-8-4-5-11-19(16)23-14(2)20;1-3-4-8-16-11-17(19(20)21-2)13-18(12-16)22-14-15-9-6-5-7-10-15;2*1-2-6-16(18)13-8-5-9-15(11-13)20-12-14-7-3-4-10-17(14)19;2*1-2-4-17(19)14-5-3-6-16(11-14)20-12-13-7-9-15(18)10-8-13/h2*6,9-10,12,16,18-19,21H,3-5,7-8,11,13H2,1-2H3;11-13,15H,3-10,14H2,1-2H3;2*5,8-9,11,14,16-19H,2-4,6-7,10,12H2,1H3;2*3,5-6,11,13,15,17-19H,2,4,7-10,12H2,1H3/t16-,18+,19+;16-,18-,19-;;14-,16+,17+;14-,16-,17-;2*13?,15?,17-/m01.0111/s1. The first-order valence-electron chi connectivity index (χ1n) is 57.1. The second-order valence-corrected chi connectivity index (χ2v) is 42.4. The molecule has 0 spiro atoms. The third-order valence-electron chi connectivity index (χ3n) is 29.8. The predicted molar refractivity (Wildman–Crippen MR) is 586 cm³/mol. The molecule has 7 fully saturated rings. The second kappa shape index (κ2) is 71.9. The third-order valence-corrected chi connectivity index (χ3v) is 29.8. The molecule has 23 nitrogen and oxygen atoms in total. The van der Waals surface area contributed by atoms with Crippen LogP contribution in [-0.4, -0.2) is 159 Å². The zero-order valence-corrected chi connectivity index (χ0v) is 91.4. The minimum Gasteiger partial charge on any atom is -0.493 e. The zero-order valence-electron chi connectivity index (χ0n) is 91.4. The Bertz CT molecular complexity index is 4470. The lowest BCUT2D eigenvalue weighted by molar-refractivity contribution is -0.152. The van der Waals surface area contributed by atoms with Crippen molar-refractivity contribution in [3.63, 3.8) is 0 Å². The van der Waals surface area contributed by atoms with Gasteiger partial charge in [0.25, 0.3) is 0 Å². The van der Waals surface area contributed by atoms with E-state index < -0.39 is 36.6 Å². The Morgan fingerprint density at radius 1 is 0.284 bits per heavy atom. The van der Waals surface area contributed by atoms with Crippen LogP contribution in [0.5, 0.6) is 40.2 Å². The summed E-state index contributed by atoms with van der Waals surface area (Å²) in [7, 11) is 1.42. The van der Waals surface area contributed by atoms with E-state index in [-0.39, 0.29) is 78.2 Å². The van der Waals surface area contributed by atoms with Crippen molar-refractivity contribution in [1.29, 1.82) is 0 Å². The number of benzene rings is 7. The van der Waals surface area contributed by atoms with E-state index in [1.165, 1.54) is 65.9 Å². The van der Waals surface area contributed by atoms with Crippen LogP contribution in [0.2, 0.25) is 0 Å². The molecule has 10 N–H and O–H groups in total. The Hall–Kier alpha value is -8.85. The Morgan fingerprint density at radius 2 is 0.547 bits per heavy atom. The van der Waals surface area contributed by atoms with Gasteiger partial charge in [-0.25, -0.2) is 4.79 Å². The van der Waals surface area contributed by atoms with Crippen LogP contribution in [0.25, 0.3) is 0 Å². The van der Waals surface area contributed by atoms with Gasteiger partial charge in [0, 0.05) is 37.5 Å². The minimum absolute atomic E-state index is 0.0323. The smallest absolute Gasteiger partial charge is 0.337 e. The molecule has 0 radical (unpaired) electrons. The van der Waals surface area contributed by atoms with E-state index >= 15 is 0 Å². The van der Waals surface area contributed by atoms with Crippen molar-refractivity contribution < 1.29 is 113 Å². The number of hydrogen-bond donors (Lipinski definition) is 10.